The molecular weight excluding hydrogens is 471 g/mol. The fraction of sp³-hybridized carbons (Fsp3) is 0.294. The third-order valence-electron chi connectivity index (χ3n) is 3.99. The molecule has 0 spiro atoms. The summed E-state index contributed by atoms with van der Waals surface area (Å²) >= 11 is 6.11. The Labute approximate surface area is 156 Å². The van der Waals surface area contributed by atoms with Gasteiger partial charge in [-0.15, -0.1) is 0 Å². The number of hydrogen-bond donors (Lipinski definition) is 0. The summed E-state index contributed by atoms with van der Waals surface area (Å²) in [5, 5.41) is 2.27. The lowest BCUT2D eigenvalue weighted by atomic mass is 9.93. The van der Waals surface area contributed by atoms with E-state index in [0.29, 0.717) is 11.8 Å². The van der Waals surface area contributed by atoms with Crippen molar-refractivity contribution in [1.29, 1.82) is 0 Å². The molecule has 0 N–H and O–H groups in total. The summed E-state index contributed by atoms with van der Waals surface area (Å²) in [6.07, 6.45) is 4.22. The molecule has 1 aromatic carbocycles. The van der Waals surface area contributed by atoms with Gasteiger partial charge in [0.2, 0.25) is 0 Å². The SMILES string of the molecule is C/C=S(\c1ccc(C)cc1)N1C=C(I)C2C1=NC=C(Br)C2C. The summed E-state index contributed by atoms with van der Waals surface area (Å²) in [4.78, 5) is 6.06. The highest BCUT2D eigenvalue weighted by Gasteiger charge is 2.38. The maximum Gasteiger partial charge on any atom is 0.127 e. The summed E-state index contributed by atoms with van der Waals surface area (Å²) in [5.41, 5.74) is 1.29. The standard InChI is InChI=1S/C17H18BrIN2S/c1-4-22(13-7-5-11(2)6-8-13)21-10-15(19)16-12(3)14(18)9-20-17(16)21/h4-10,12,16H,1-3H3. The number of allylic oxidation sites excluding steroid dienone is 1. The molecule has 2 nitrogen and oxygen atoms in total. The molecule has 22 heavy (non-hydrogen) atoms. The second kappa shape index (κ2) is 6.61. The maximum absolute atomic E-state index is 4.73. The third-order valence-corrected chi connectivity index (χ3v) is 7.79. The Bertz CT molecular complexity index is 719. The third kappa shape index (κ3) is 2.87. The molecular formula is C17H18BrIN2S. The van der Waals surface area contributed by atoms with E-state index in [1.807, 2.05) is 6.20 Å². The highest BCUT2D eigenvalue weighted by atomic mass is 127. The Morgan fingerprint density at radius 2 is 2.00 bits per heavy atom. The van der Waals surface area contributed by atoms with Gasteiger partial charge in [0.25, 0.3) is 0 Å². The predicted octanol–water partition coefficient (Wildman–Crippen LogP) is 5.85. The number of nitrogens with zero attached hydrogens (tertiary/aromatic N) is 2. The Hall–Kier alpha value is -0.400. The second-order valence-corrected chi connectivity index (χ2v) is 9.60. The van der Waals surface area contributed by atoms with E-state index < -0.39 is 0 Å². The molecule has 1 aromatic rings. The van der Waals surface area contributed by atoms with Gasteiger partial charge in [-0.2, -0.15) is 0 Å². The van der Waals surface area contributed by atoms with E-state index in [1.165, 1.54) is 24.4 Å². The van der Waals surface area contributed by atoms with Gasteiger partial charge in [-0.3, -0.25) is 4.31 Å². The van der Waals surface area contributed by atoms with E-state index in [2.05, 4.69) is 99.4 Å². The molecule has 5 heteroatoms. The highest BCUT2D eigenvalue weighted by molar-refractivity contribution is 14.1. The van der Waals surface area contributed by atoms with Gasteiger partial charge in [-0.1, -0.05) is 51.2 Å². The van der Waals surface area contributed by atoms with Crippen LogP contribution in [0.2, 0.25) is 0 Å². The van der Waals surface area contributed by atoms with Crippen LogP contribution >= 0.6 is 49.2 Å². The van der Waals surface area contributed by atoms with Crippen molar-refractivity contribution in [3.05, 3.63) is 50.3 Å². The van der Waals surface area contributed by atoms with E-state index in [0.717, 1.165) is 0 Å². The Morgan fingerprint density at radius 1 is 1.32 bits per heavy atom. The smallest absolute Gasteiger partial charge is 0.127 e. The van der Waals surface area contributed by atoms with Gasteiger partial charge < -0.3 is 0 Å². The fourth-order valence-electron chi connectivity index (χ4n) is 2.72. The van der Waals surface area contributed by atoms with Crippen molar-refractivity contribution in [1.82, 2.24) is 4.31 Å². The number of fused-ring (bicyclic) bond motifs is 1. The largest absolute Gasteiger partial charge is 0.280 e. The van der Waals surface area contributed by atoms with Crippen LogP contribution in [0.25, 0.3) is 0 Å². The lowest BCUT2D eigenvalue weighted by molar-refractivity contribution is 0.614. The predicted molar refractivity (Wildman–Crippen MR) is 110 cm³/mol. The van der Waals surface area contributed by atoms with Crippen molar-refractivity contribution in [2.45, 2.75) is 25.7 Å². The van der Waals surface area contributed by atoms with Gasteiger partial charge in [0.15, 0.2) is 0 Å². The van der Waals surface area contributed by atoms with E-state index in [4.69, 9.17) is 4.99 Å². The summed E-state index contributed by atoms with van der Waals surface area (Å²) in [7, 11) is -0.0919. The molecule has 0 aromatic heterocycles. The Balaban J connectivity index is 2.02. The number of aryl methyl sites for hydroxylation is 1. The zero-order valence-corrected chi connectivity index (χ0v) is 17.3. The molecule has 0 aliphatic carbocycles. The average molecular weight is 489 g/mol. The van der Waals surface area contributed by atoms with Crippen LogP contribution in [0.3, 0.4) is 0 Å². The van der Waals surface area contributed by atoms with Crippen molar-refractivity contribution in [2.75, 3.05) is 0 Å². The van der Waals surface area contributed by atoms with Crippen molar-refractivity contribution < 1.29 is 0 Å². The minimum Gasteiger partial charge on any atom is -0.280 e. The second-order valence-electron chi connectivity index (χ2n) is 5.47. The van der Waals surface area contributed by atoms with Crippen LogP contribution in [0.15, 0.2) is 54.6 Å². The lowest BCUT2D eigenvalue weighted by Crippen LogP contribution is -2.29. The van der Waals surface area contributed by atoms with Crippen LogP contribution < -0.4 is 0 Å². The van der Waals surface area contributed by atoms with Gasteiger partial charge in [0.1, 0.15) is 5.84 Å². The van der Waals surface area contributed by atoms with E-state index in [9.17, 15) is 0 Å². The van der Waals surface area contributed by atoms with Crippen LogP contribution in [0.5, 0.6) is 0 Å². The first kappa shape index (κ1) is 16.5. The van der Waals surface area contributed by atoms with Gasteiger partial charge >= 0.3 is 0 Å². The van der Waals surface area contributed by atoms with Crippen molar-refractivity contribution in [3.8, 4) is 0 Å². The normalized spacial score (nSPS) is 25.5. The number of rotatable bonds is 2. The quantitative estimate of drug-likeness (QED) is 0.376. The monoisotopic (exact) mass is 488 g/mol. The van der Waals surface area contributed by atoms with Crippen molar-refractivity contribution in [2.24, 2.45) is 16.8 Å². The van der Waals surface area contributed by atoms with Crippen LogP contribution in [-0.4, -0.2) is 15.5 Å². The molecule has 0 bridgehead atoms. The van der Waals surface area contributed by atoms with Crippen molar-refractivity contribution >= 4 is 60.4 Å². The number of aliphatic imine (C=N–C) groups is 1. The Kier molecular flexibility index (Phi) is 4.95. The number of hydrogen-bond acceptors (Lipinski definition) is 2. The summed E-state index contributed by atoms with van der Waals surface area (Å²) in [6, 6.07) is 8.82. The summed E-state index contributed by atoms with van der Waals surface area (Å²) in [5.74, 6) is 1.99. The molecule has 0 saturated carbocycles. The first-order valence-electron chi connectivity index (χ1n) is 7.22. The highest BCUT2D eigenvalue weighted by Crippen LogP contribution is 2.46. The van der Waals surface area contributed by atoms with E-state index in [1.54, 1.807) is 0 Å². The van der Waals surface area contributed by atoms with Crippen LogP contribution in [0.4, 0.5) is 0 Å². The summed E-state index contributed by atoms with van der Waals surface area (Å²) < 4.78 is 4.89. The first-order chi connectivity index (χ1) is 10.5. The first-order valence-corrected chi connectivity index (χ1v) is 10.3. The van der Waals surface area contributed by atoms with E-state index in [-0.39, 0.29) is 10.7 Å². The molecule has 0 fully saturated rings. The molecule has 3 unspecified atom stereocenters. The van der Waals surface area contributed by atoms with E-state index >= 15 is 0 Å². The van der Waals surface area contributed by atoms with Crippen LogP contribution in [-0.2, 0) is 0 Å². The average Bonchev–Trinajstić information content (AvgIpc) is 2.83. The Morgan fingerprint density at radius 3 is 2.64 bits per heavy atom. The molecule has 2 aliphatic rings. The van der Waals surface area contributed by atoms with Crippen LogP contribution in [0.1, 0.15) is 19.4 Å². The number of halogens is 2. The zero-order valence-electron chi connectivity index (χ0n) is 12.8. The van der Waals surface area contributed by atoms with Gasteiger partial charge in [-0.25, -0.2) is 4.99 Å². The zero-order chi connectivity index (χ0) is 15.9. The van der Waals surface area contributed by atoms with Crippen LogP contribution in [0, 0.1) is 18.8 Å². The summed E-state index contributed by atoms with van der Waals surface area (Å²) in [6.45, 7) is 6.52. The van der Waals surface area contributed by atoms with Crippen molar-refractivity contribution in [3.63, 3.8) is 0 Å². The molecule has 3 rings (SSSR count). The lowest BCUT2D eigenvalue weighted by Gasteiger charge is -2.29. The molecule has 116 valence electrons. The molecule has 3 atom stereocenters. The molecule has 0 radical (unpaired) electrons. The molecule has 2 heterocycles. The van der Waals surface area contributed by atoms with Gasteiger partial charge in [-0.05, 0) is 53.9 Å². The minimum atomic E-state index is -0.0919. The molecule has 0 amide bonds. The van der Waals surface area contributed by atoms with Gasteiger partial charge in [0, 0.05) is 31.3 Å². The number of benzene rings is 1. The minimum absolute atomic E-state index is 0.0919. The maximum atomic E-state index is 4.73. The molecule has 0 saturated heterocycles. The molecule has 2 aliphatic heterocycles. The topological polar surface area (TPSA) is 15.6 Å². The number of amidine groups is 1. The van der Waals surface area contributed by atoms with Gasteiger partial charge in [0.05, 0.1) is 5.92 Å². The fourth-order valence-corrected chi connectivity index (χ4v) is 6.10.